The lowest BCUT2D eigenvalue weighted by atomic mass is 9.92. The first kappa shape index (κ1) is 21.6. The van der Waals surface area contributed by atoms with Gasteiger partial charge in [-0.25, -0.2) is 19.0 Å². The number of ether oxygens (including phenoxy) is 1. The van der Waals surface area contributed by atoms with Crippen LogP contribution in [0.4, 0.5) is 16.2 Å². The first-order valence-corrected chi connectivity index (χ1v) is 12.3. The monoisotopic (exact) mass is 483 g/mol. The lowest BCUT2D eigenvalue weighted by molar-refractivity contribution is 0.155. The quantitative estimate of drug-likeness (QED) is 0.575. The van der Waals surface area contributed by atoms with Crippen LogP contribution in [0.15, 0.2) is 30.6 Å². The number of hydrogen-bond acceptors (Lipinski definition) is 7. The Bertz CT molecular complexity index is 1170. The van der Waals surface area contributed by atoms with Crippen molar-refractivity contribution < 1.29 is 9.13 Å². The molecule has 1 saturated heterocycles. The Morgan fingerprint density at radius 2 is 1.91 bits per heavy atom. The highest BCUT2D eigenvalue weighted by Crippen LogP contribution is 2.40. The lowest BCUT2D eigenvalue weighted by Gasteiger charge is -2.38. The third kappa shape index (κ3) is 4.17. The van der Waals surface area contributed by atoms with Crippen molar-refractivity contribution in [3.05, 3.63) is 53.0 Å². The number of anilines is 2. The number of halogens is 2. The zero-order valence-corrected chi connectivity index (χ0v) is 19.7. The minimum absolute atomic E-state index is 0.283. The normalized spacial score (nSPS) is 25.8. The van der Waals surface area contributed by atoms with E-state index in [0.29, 0.717) is 34.6 Å². The summed E-state index contributed by atoms with van der Waals surface area (Å²) < 4.78 is 21.8. The highest BCUT2D eigenvalue weighted by Gasteiger charge is 2.43. The fourth-order valence-corrected chi connectivity index (χ4v) is 5.87. The van der Waals surface area contributed by atoms with Crippen LogP contribution in [-0.2, 0) is 6.54 Å². The largest absolute Gasteiger partial charge is 0.482 e. The van der Waals surface area contributed by atoms with Crippen LogP contribution in [0.3, 0.4) is 0 Å². The predicted octanol–water partition coefficient (Wildman–Crippen LogP) is 4.41. The van der Waals surface area contributed by atoms with Crippen LogP contribution >= 0.6 is 11.6 Å². The molecule has 6 rings (SSSR count). The van der Waals surface area contributed by atoms with E-state index < -0.39 is 5.82 Å². The standard InChI is InChI=1S/C24H27ClFN7O/c1-14-7-21(28-13-27-14)32-11-15-4-5-16(12-32)22(15)29-24-30-23-20(3-2-6-33(23)31-24)34-19-9-17(25)8-18(26)10-19/h7-10,13,15-16,20,22H,2-6,11-12H2,1H3,(H,29,31)/t15-,16+,20-,22?/m1/s1. The molecule has 1 N–H and O–H groups in total. The summed E-state index contributed by atoms with van der Waals surface area (Å²) in [6.07, 6.45) is 5.45. The van der Waals surface area contributed by atoms with Crippen LogP contribution in [0.25, 0.3) is 0 Å². The van der Waals surface area contributed by atoms with E-state index >= 15 is 0 Å². The summed E-state index contributed by atoms with van der Waals surface area (Å²) in [6, 6.07) is 6.65. The van der Waals surface area contributed by atoms with Crippen molar-refractivity contribution in [3.63, 3.8) is 0 Å². The number of nitrogens with zero attached hydrogens (tertiary/aromatic N) is 6. The minimum Gasteiger partial charge on any atom is -0.482 e. The van der Waals surface area contributed by atoms with Crippen LogP contribution in [0, 0.1) is 24.6 Å². The van der Waals surface area contributed by atoms with Gasteiger partial charge in [0.25, 0.3) is 0 Å². The van der Waals surface area contributed by atoms with Crippen molar-refractivity contribution in [3.8, 4) is 5.75 Å². The zero-order valence-electron chi connectivity index (χ0n) is 19.0. The number of aromatic nitrogens is 5. The van der Waals surface area contributed by atoms with Crippen LogP contribution < -0.4 is 15.0 Å². The van der Waals surface area contributed by atoms with E-state index in [2.05, 4.69) is 26.3 Å². The van der Waals surface area contributed by atoms with E-state index in [4.69, 9.17) is 26.4 Å². The molecule has 4 atom stereocenters. The average Bonchev–Trinajstić information content (AvgIpc) is 3.30. The highest BCUT2D eigenvalue weighted by atomic mass is 35.5. The zero-order chi connectivity index (χ0) is 23.2. The molecule has 3 aliphatic rings. The number of nitrogens with one attached hydrogen (secondary N) is 1. The van der Waals surface area contributed by atoms with Crippen molar-refractivity contribution in [1.82, 2.24) is 24.7 Å². The van der Waals surface area contributed by atoms with E-state index in [-0.39, 0.29) is 6.10 Å². The van der Waals surface area contributed by atoms with E-state index in [9.17, 15) is 4.39 Å². The predicted molar refractivity (Wildman–Crippen MR) is 127 cm³/mol. The third-order valence-electron chi connectivity index (χ3n) is 7.18. The Morgan fingerprint density at radius 3 is 2.68 bits per heavy atom. The number of hydrogen-bond donors (Lipinski definition) is 1. The molecule has 1 aliphatic carbocycles. The second kappa shape index (κ2) is 8.69. The van der Waals surface area contributed by atoms with Crippen molar-refractivity contribution in [2.75, 3.05) is 23.3 Å². The summed E-state index contributed by atoms with van der Waals surface area (Å²) in [6.45, 7) is 4.72. The molecule has 178 valence electrons. The molecule has 34 heavy (non-hydrogen) atoms. The van der Waals surface area contributed by atoms with Gasteiger partial charge < -0.3 is 15.0 Å². The van der Waals surface area contributed by atoms with Gasteiger partial charge in [0.05, 0.1) is 0 Å². The van der Waals surface area contributed by atoms with Crippen molar-refractivity contribution >= 4 is 23.4 Å². The molecule has 1 aromatic carbocycles. The molecule has 0 radical (unpaired) electrons. The van der Waals surface area contributed by atoms with Gasteiger partial charge in [-0.3, -0.25) is 0 Å². The Balaban J connectivity index is 1.17. The van der Waals surface area contributed by atoms with E-state index in [0.717, 1.165) is 49.8 Å². The number of benzene rings is 1. The van der Waals surface area contributed by atoms with Gasteiger partial charge >= 0.3 is 0 Å². The molecule has 2 aromatic heterocycles. The SMILES string of the molecule is Cc1cc(N2C[C@H]3CC[C@@H](C2)C3Nc2nc3n(n2)CCC[C@H]3Oc2cc(F)cc(Cl)c2)ncn1. The Hall–Kier alpha value is -2.94. The molecular weight excluding hydrogens is 457 g/mol. The molecule has 10 heteroatoms. The number of fused-ring (bicyclic) bond motifs is 3. The van der Waals surface area contributed by atoms with Crippen molar-refractivity contribution in [1.29, 1.82) is 0 Å². The molecule has 0 amide bonds. The fourth-order valence-electron chi connectivity index (χ4n) is 5.65. The molecule has 3 aromatic rings. The minimum atomic E-state index is -0.416. The highest BCUT2D eigenvalue weighted by molar-refractivity contribution is 6.30. The first-order valence-electron chi connectivity index (χ1n) is 11.9. The van der Waals surface area contributed by atoms with Gasteiger partial charge in [0.15, 0.2) is 11.9 Å². The van der Waals surface area contributed by atoms with E-state index in [1.165, 1.54) is 25.0 Å². The van der Waals surface area contributed by atoms with E-state index in [1.54, 1.807) is 12.4 Å². The second-order valence-electron chi connectivity index (χ2n) is 9.56. The van der Waals surface area contributed by atoms with Crippen LogP contribution in [0.5, 0.6) is 5.75 Å². The molecule has 1 saturated carbocycles. The summed E-state index contributed by atoms with van der Waals surface area (Å²) in [7, 11) is 0. The second-order valence-corrected chi connectivity index (χ2v) is 10.00. The smallest absolute Gasteiger partial charge is 0.242 e. The van der Waals surface area contributed by atoms with Crippen molar-refractivity contribution in [2.45, 2.75) is 51.3 Å². The molecule has 0 spiro atoms. The Morgan fingerprint density at radius 1 is 1.09 bits per heavy atom. The van der Waals surface area contributed by atoms with Gasteiger partial charge in [-0.15, -0.1) is 5.10 Å². The maximum Gasteiger partial charge on any atom is 0.242 e. The first-order chi connectivity index (χ1) is 16.5. The van der Waals surface area contributed by atoms with E-state index in [1.807, 2.05) is 11.6 Å². The third-order valence-corrected chi connectivity index (χ3v) is 7.40. The van der Waals surface area contributed by atoms with Gasteiger partial charge in [-0.1, -0.05) is 11.6 Å². The molecule has 2 aliphatic heterocycles. The van der Waals surface area contributed by atoms with Gasteiger partial charge in [-0.2, -0.15) is 4.98 Å². The van der Waals surface area contributed by atoms with Gasteiger partial charge in [-0.05, 0) is 56.6 Å². The van der Waals surface area contributed by atoms with Gasteiger partial charge in [0.2, 0.25) is 5.95 Å². The average molecular weight is 484 g/mol. The van der Waals surface area contributed by atoms with Gasteiger partial charge in [0.1, 0.15) is 23.7 Å². The molecule has 8 nitrogen and oxygen atoms in total. The van der Waals surface area contributed by atoms with Crippen LogP contribution in [0.1, 0.15) is 43.3 Å². The summed E-state index contributed by atoms with van der Waals surface area (Å²) in [5.74, 6) is 3.45. The fraction of sp³-hybridized carbons (Fsp3) is 0.500. The van der Waals surface area contributed by atoms with Crippen molar-refractivity contribution in [2.24, 2.45) is 11.8 Å². The molecule has 1 unspecified atom stereocenters. The Labute approximate surface area is 202 Å². The summed E-state index contributed by atoms with van der Waals surface area (Å²) in [4.78, 5) is 15.9. The molecule has 2 bridgehead atoms. The summed E-state index contributed by atoms with van der Waals surface area (Å²) in [5, 5.41) is 8.70. The Kier molecular flexibility index (Phi) is 5.51. The molecule has 2 fully saturated rings. The number of rotatable bonds is 5. The van der Waals surface area contributed by atoms with Crippen LogP contribution in [0.2, 0.25) is 5.02 Å². The van der Waals surface area contributed by atoms with Crippen LogP contribution in [-0.4, -0.2) is 43.9 Å². The summed E-state index contributed by atoms with van der Waals surface area (Å²) >= 11 is 6.00. The topological polar surface area (TPSA) is 81.0 Å². The molecular formula is C24H27ClFN7O. The number of aryl methyl sites for hydroxylation is 2. The maximum absolute atomic E-state index is 13.8. The van der Waals surface area contributed by atoms with Gasteiger partial charge in [0, 0.05) is 48.5 Å². The lowest BCUT2D eigenvalue weighted by Crippen LogP contribution is -2.48. The molecule has 4 heterocycles. The summed E-state index contributed by atoms with van der Waals surface area (Å²) in [5.41, 5.74) is 0.989. The maximum atomic E-state index is 13.8. The number of piperidine rings is 1.